The third-order valence-corrected chi connectivity index (χ3v) is 5.30. The largest absolute Gasteiger partial charge is 0.391 e. The molecule has 19 heavy (non-hydrogen) atoms. The van der Waals surface area contributed by atoms with Gasteiger partial charge in [-0.1, -0.05) is 19.8 Å². The monoisotopic (exact) mass is 277 g/mol. The summed E-state index contributed by atoms with van der Waals surface area (Å²) in [5, 5.41) is 0. The minimum absolute atomic E-state index is 0.122. The first-order chi connectivity index (χ1) is 8.88. The molecule has 3 unspecified atom stereocenters. The number of nitrogens with two attached hydrogens (primary N) is 1. The van der Waals surface area contributed by atoms with Crippen molar-refractivity contribution in [3.05, 3.63) is 0 Å². The van der Waals surface area contributed by atoms with Crippen molar-refractivity contribution in [3.8, 4) is 0 Å². The van der Waals surface area contributed by atoms with Crippen molar-refractivity contribution in [3.63, 3.8) is 0 Å². The van der Waals surface area contributed by atoms with Crippen LogP contribution in [0.2, 0.25) is 0 Å². The fraction of sp³-hybridized carbons (Fsp3) is 1.00. The summed E-state index contributed by atoms with van der Waals surface area (Å²) in [6, 6.07) is 0.122. The van der Waals surface area contributed by atoms with E-state index in [2.05, 4.69) is 6.92 Å². The van der Waals surface area contributed by atoms with Crippen molar-refractivity contribution in [1.82, 2.24) is 0 Å². The highest BCUT2D eigenvalue weighted by molar-refractivity contribution is 4.88. The Labute approximate surface area is 114 Å². The first-order valence-corrected chi connectivity index (χ1v) is 7.70. The summed E-state index contributed by atoms with van der Waals surface area (Å²) in [6.45, 7) is 2.26. The summed E-state index contributed by atoms with van der Waals surface area (Å²) < 4.78 is 37.9. The van der Waals surface area contributed by atoms with E-state index in [0.717, 1.165) is 5.92 Å². The molecule has 1 nitrogen and oxygen atoms in total. The van der Waals surface area contributed by atoms with E-state index in [1.165, 1.54) is 25.7 Å². The molecule has 0 aliphatic heterocycles. The Morgan fingerprint density at radius 3 is 2.11 bits per heavy atom. The van der Waals surface area contributed by atoms with Crippen LogP contribution in [0.15, 0.2) is 0 Å². The maximum Gasteiger partial charge on any atom is 0.391 e. The van der Waals surface area contributed by atoms with Gasteiger partial charge in [-0.3, -0.25) is 0 Å². The van der Waals surface area contributed by atoms with Crippen molar-refractivity contribution < 1.29 is 13.2 Å². The van der Waals surface area contributed by atoms with E-state index in [-0.39, 0.29) is 18.9 Å². The summed E-state index contributed by atoms with van der Waals surface area (Å²) in [7, 11) is 0. The van der Waals surface area contributed by atoms with Crippen LogP contribution in [0.5, 0.6) is 0 Å². The predicted molar refractivity (Wildman–Crippen MR) is 70.6 cm³/mol. The Kier molecular flexibility index (Phi) is 4.80. The van der Waals surface area contributed by atoms with Gasteiger partial charge in [0.25, 0.3) is 0 Å². The summed E-state index contributed by atoms with van der Waals surface area (Å²) in [6.07, 6.45) is 2.74. The standard InChI is InChI=1S/C15H26F3N/c1-10-3-2-4-12(9-10)14(19)11-5-7-13(8-6-11)15(16,17)18/h10-14H,2-9,19H2,1H3. The van der Waals surface area contributed by atoms with Crippen LogP contribution in [0, 0.1) is 23.7 Å². The molecule has 2 N–H and O–H groups in total. The third kappa shape index (κ3) is 3.87. The van der Waals surface area contributed by atoms with Gasteiger partial charge in [-0.15, -0.1) is 0 Å². The maximum absolute atomic E-state index is 12.6. The second-order valence-corrected chi connectivity index (χ2v) is 6.76. The number of rotatable bonds is 2. The maximum atomic E-state index is 12.6. The highest BCUT2D eigenvalue weighted by atomic mass is 19.4. The van der Waals surface area contributed by atoms with Crippen molar-refractivity contribution in [2.45, 2.75) is 70.5 Å². The van der Waals surface area contributed by atoms with Gasteiger partial charge in [0.2, 0.25) is 0 Å². The molecule has 0 radical (unpaired) electrons. The molecule has 112 valence electrons. The quantitative estimate of drug-likeness (QED) is 0.789. The molecule has 0 saturated heterocycles. The Morgan fingerprint density at radius 1 is 0.947 bits per heavy atom. The average molecular weight is 277 g/mol. The van der Waals surface area contributed by atoms with E-state index in [0.29, 0.717) is 24.7 Å². The van der Waals surface area contributed by atoms with E-state index >= 15 is 0 Å². The molecule has 2 rings (SSSR count). The lowest BCUT2D eigenvalue weighted by atomic mass is 9.70. The molecule has 2 aliphatic carbocycles. The molecule has 2 aliphatic rings. The Balaban J connectivity index is 1.83. The molecule has 0 aromatic carbocycles. The Morgan fingerprint density at radius 2 is 1.58 bits per heavy atom. The van der Waals surface area contributed by atoms with E-state index in [4.69, 9.17) is 5.73 Å². The normalized spacial score (nSPS) is 39.0. The topological polar surface area (TPSA) is 26.0 Å². The fourth-order valence-electron chi connectivity index (χ4n) is 4.05. The van der Waals surface area contributed by atoms with Crippen LogP contribution in [0.4, 0.5) is 13.2 Å². The van der Waals surface area contributed by atoms with E-state index in [9.17, 15) is 13.2 Å². The molecule has 4 heteroatoms. The number of halogens is 3. The van der Waals surface area contributed by atoms with Gasteiger partial charge in [0, 0.05) is 6.04 Å². The Hall–Kier alpha value is -0.250. The fourth-order valence-corrected chi connectivity index (χ4v) is 4.05. The SMILES string of the molecule is CC1CCCC(C(N)C2CCC(C(F)(F)F)CC2)C1. The van der Waals surface area contributed by atoms with Crippen LogP contribution in [0.3, 0.4) is 0 Å². The number of alkyl halides is 3. The highest BCUT2D eigenvalue weighted by Crippen LogP contribution is 2.42. The van der Waals surface area contributed by atoms with E-state index in [1.54, 1.807) is 0 Å². The molecular formula is C15H26F3N. The molecule has 2 saturated carbocycles. The van der Waals surface area contributed by atoms with Gasteiger partial charge in [-0.25, -0.2) is 0 Å². The zero-order valence-electron chi connectivity index (χ0n) is 11.8. The van der Waals surface area contributed by atoms with Crippen molar-refractivity contribution in [2.24, 2.45) is 29.4 Å². The van der Waals surface area contributed by atoms with Gasteiger partial charge in [-0.2, -0.15) is 13.2 Å². The van der Waals surface area contributed by atoms with Crippen LogP contribution < -0.4 is 5.73 Å². The van der Waals surface area contributed by atoms with Crippen LogP contribution in [0.25, 0.3) is 0 Å². The van der Waals surface area contributed by atoms with Gasteiger partial charge < -0.3 is 5.73 Å². The van der Waals surface area contributed by atoms with Crippen LogP contribution >= 0.6 is 0 Å². The van der Waals surface area contributed by atoms with Gasteiger partial charge in [0.1, 0.15) is 0 Å². The van der Waals surface area contributed by atoms with Gasteiger partial charge in [0.15, 0.2) is 0 Å². The molecule has 0 heterocycles. The molecule has 0 spiro atoms. The molecule has 0 bridgehead atoms. The molecular weight excluding hydrogens is 251 g/mol. The average Bonchev–Trinajstić information content (AvgIpc) is 2.37. The molecule has 0 amide bonds. The minimum atomic E-state index is -4.01. The highest BCUT2D eigenvalue weighted by Gasteiger charge is 2.43. The molecule has 0 aromatic rings. The first kappa shape index (κ1) is 15.1. The lowest BCUT2D eigenvalue weighted by Crippen LogP contribution is -2.42. The van der Waals surface area contributed by atoms with Gasteiger partial charge in [0.05, 0.1) is 5.92 Å². The molecule has 3 atom stereocenters. The predicted octanol–water partition coefficient (Wildman–Crippen LogP) is 4.51. The number of hydrogen-bond acceptors (Lipinski definition) is 1. The number of hydrogen-bond donors (Lipinski definition) is 1. The minimum Gasteiger partial charge on any atom is -0.327 e. The summed E-state index contributed by atoms with van der Waals surface area (Å²) in [4.78, 5) is 0. The first-order valence-electron chi connectivity index (χ1n) is 7.70. The third-order valence-electron chi connectivity index (χ3n) is 5.30. The lowest BCUT2D eigenvalue weighted by Gasteiger charge is -2.39. The van der Waals surface area contributed by atoms with Crippen LogP contribution in [-0.4, -0.2) is 12.2 Å². The summed E-state index contributed by atoms with van der Waals surface area (Å²) >= 11 is 0. The summed E-state index contributed by atoms with van der Waals surface area (Å²) in [5.74, 6) is 0.502. The van der Waals surface area contributed by atoms with E-state index in [1.807, 2.05) is 0 Å². The van der Waals surface area contributed by atoms with Crippen molar-refractivity contribution >= 4 is 0 Å². The van der Waals surface area contributed by atoms with Crippen molar-refractivity contribution in [2.75, 3.05) is 0 Å². The smallest absolute Gasteiger partial charge is 0.327 e. The molecule has 2 fully saturated rings. The lowest BCUT2D eigenvalue weighted by molar-refractivity contribution is -0.184. The van der Waals surface area contributed by atoms with Crippen LogP contribution in [-0.2, 0) is 0 Å². The van der Waals surface area contributed by atoms with Crippen molar-refractivity contribution in [1.29, 1.82) is 0 Å². The molecule has 0 aromatic heterocycles. The van der Waals surface area contributed by atoms with Crippen LogP contribution in [0.1, 0.15) is 58.3 Å². The van der Waals surface area contributed by atoms with E-state index < -0.39 is 12.1 Å². The summed E-state index contributed by atoms with van der Waals surface area (Å²) in [5.41, 5.74) is 6.36. The zero-order valence-corrected chi connectivity index (χ0v) is 11.8. The second-order valence-electron chi connectivity index (χ2n) is 6.76. The Bertz CT molecular complexity index is 282. The zero-order chi connectivity index (χ0) is 14.0. The second kappa shape index (κ2) is 6.02. The van der Waals surface area contributed by atoms with Gasteiger partial charge in [-0.05, 0) is 56.3 Å². The van der Waals surface area contributed by atoms with Gasteiger partial charge >= 0.3 is 6.18 Å².